The van der Waals surface area contributed by atoms with E-state index in [1.165, 1.54) is 17.5 Å². The molecule has 1 amide bonds. The van der Waals surface area contributed by atoms with Crippen LogP contribution in [0.25, 0.3) is 0 Å². The van der Waals surface area contributed by atoms with Gasteiger partial charge in [0.2, 0.25) is 6.79 Å². The number of aryl methyl sites for hydroxylation is 2. The van der Waals surface area contributed by atoms with Crippen molar-refractivity contribution in [1.29, 1.82) is 0 Å². The number of ether oxygens (including phenoxy) is 3. The van der Waals surface area contributed by atoms with Crippen LogP contribution in [0.15, 0.2) is 36.4 Å². The van der Waals surface area contributed by atoms with Crippen molar-refractivity contribution >= 4 is 5.91 Å². The molecule has 0 bridgehead atoms. The molecular weight excluding hydrogens is 318 g/mol. The average molecular weight is 339 g/mol. The first-order chi connectivity index (χ1) is 12.2. The summed E-state index contributed by atoms with van der Waals surface area (Å²) in [5.74, 6) is 2.07. The number of carbonyl (C=O) groups excluding carboxylic acids is 1. The fourth-order valence-electron chi connectivity index (χ4n) is 3.26. The predicted octanol–water partition coefficient (Wildman–Crippen LogP) is 2.99. The van der Waals surface area contributed by atoms with Crippen molar-refractivity contribution < 1.29 is 19.0 Å². The minimum Gasteiger partial charge on any atom is -0.481 e. The third-order valence-electron chi connectivity index (χ3n) is 4.66. The molecule has 1 N–H and O–H groups in total. The van der Waals surface area contributed by atoms with Crippen LogP contribution in [-0.2, 0) is 24.2 Å². The molecule has 25 heavy (non-hydrogen) atoms. The summed E-state index contributed by atoms with van der Waals surface area (Å²) in [7, 11) is 0. The Bertz CT molecular complexity index is 802. The third kappa shape index (κ3) is 3.40. The molecule has 5 nitrogen and oxygen atoms in total. The SMILES string of the molecule is CC(Oc1ccc2c(c1)CCC2)C(=O)NCc1ccc2c(c1)OCO2. The van der Waals surface area contributed by atoms with Crippen molar-refractivity contribution in [2.75, 3.05) is 6.79 Å². The van der Waals surface area contributed by atoms with Gasteiger partial charge in [-0.15, -0.1) is 0 Å². The van der Waals surface area contributed by atoms with Crippen molar-refractivity contribution in [2.45, 2.75) is 38.8 Å². The van der Waals surface area contributed by atoms with Crippen LogP contribution in [0, 0.1) is 0 Å². The Kier molecular flexibility index (Phi) is 4.22. The number of hydrogen-bond acceptors (Lipinski definition) is 4. The lowest BCUT2D eigenvalue weighted by Gasteiger charge is -2.15. The predicted molar refractivity (Wildman–Crippen MR) is 93.0 cm³/mol. The largest absolute Gasteiger partial charge is 0.481 e. The van der Waals surface area contributed by atoms with Gasteiger partial charge in [0.15, 0.2) is 17.6 Å². The summed E-state index contributed by atoms with van der Waals surface area (Å²) in [6.45, 7) is 2.44. The minimum absolute atomic E-state index is 0.141. The average Bonchev–Trinajstić information content (AvgIpc) is 3.27. The van der Waals surface area contributed by atoms with E-state index in [1.54, 1.807) is 6.92 Å². The molecule has 1 heterocycles. The number of nitrogens with one attached hydrogen (secondary N) is 1. The molecule has 1 atom stereocenters. The van der Waals surface area contributed by atoms with Gasteiger partial charge in [0.25, 0.3) is 5.91 Å². The maximum atomic E-state index is 12.3. The fraction of sp³-hybridized carbons (Fsp3) is 0.350. The molecule has 0 radical (unpaired) electrons. The van der Waals surface area contributed by atoms with Gasteiger partial charge in [-0.3, -0.25) is 4.79 Å². The Morgan fingerprint density at radius 1 is 1.12 bits per heavy atom. The maximum absolute atomic E-state index is 12.3. The van der Waals surface area contributed by atoms with E-state index in [0.29, 0.717) is 12.3 Å². The van der Waals surface area contributed by atoms with Crippen LogP contribution in [-0.4, -0.2) is 18.8 Å². The Morgan fingerprint density at radius 2 is 1.96 bits per heavy atom. The van der Waals surface area contributed by atoms with Crippen molar-refractivity contribution in [2.24, 2.45) is 0 Å². The van der Waals surface area contributed by atoms with Gasteiger partial charge in [0.1, 0.15) is 5.75 Å². The molecule has 2 aromatic rings. The van der Waals surface area contributed by atoms with Crippen LogP contribution in [0.4, 0.5) is 0 Å². The highest BCUT2D eigenvalue weighted by Crippen LogP contribution is 2.32. The Balaban J connectivity index is 1.33. The van der Waals surface area contributed by atoms with Crippen molar-refractivity contribution in [1.82, 2.24) is 5.32 Å². The van der Waals surface area contributed by atoms with Gasteiger partial charge >= 0.3 is 0 Å². The lowest BCUT2D eigenvalue weighted by Crippen LogP contribution is -2.35. The first kappa shape index (κ1) is 15.8. The first-order valence-corrected chi connectivity index (χ1v) is 8.64. The van der Waals surface area contributed by atoms with Gasteiger partial charge in [-0.05, 0) is 67.1 Å². The molecule has 2 aromatic carbocycles. The molecule has 0 saturated carbocycles. The number of carbonyl (C=O) groups is 1. The van der Waals surface area contributed by atoms with Gasteiger partial charge in [0.05, 0.1) is 0 Å². The molecule has 2 aliphatic rings. The van der Waals surface area contributed by atoms with Crippen LogP contribution in [0.1, 0.15) is 30.0 Å². The second-order valence-electron chi connectivity index (χ2n) is 6.45. The molecule has 0 spiro atoms. The normalized spacial score (nSPS) is 15.6. The standard InChI is InChI=1S/C20H21NO4/c1-13(25-17-7-6-15-3-2-4-16(15)10-17)20(22)21-11-14-5-8-18-19(9-14)24-12-23-18/h5-10,13H,2-4,11-12H2,1H3,(H,21,22). The van der Waals surface area contributed by atoms with E-state index >= 15 is 0 Å². The fourth-order valence-corrected chi connectivity index (χ4v) is 3.26. The van der Waals surface area contributed by atoms with E-state index in [1.807, 2.05) is 24.3 Å². The molecule has 0 saturated heterocycles. The monoisotopic (exact) mass is 339 g/mol. The zero-order chi connectivity index (χ0) is 17.2. The number of rotatable bonds is 5. The second-order valence-corrected chi connectivity index (χ2v) is 6.45. The lowest BCUT2D eigenvalue weighted by atomic mass is 10.1. The molecule has 1 aliphatic carbocycles. The second kappa shape index (κ2) is 6.67. The summed E-state index contributed by atoms with van der Waals surface area (Å²) < 4.78 is 16.4. The van der Waals surface area contributed by atoms with E-state index in [9.17, 15) is 4.79 Å². The summed E-state index contributed by atoms with van der Waals surface area (Å²) in [4.78, 5) is 12.3. The Labute approximate surface area is 146 Å². The van der Waals surface area contributed by atoms with E-state index in [2.05, 4.69) is 17.4 Å². The van der Waals surface area contributed by atoms with E-state index in [4.69, 9.17) is 14.2 Å². The zero-order valence-corrected chi connectivity index (χ0v) is 14.2. The molecule has 1 aliphatic heterocycles. The highest BCUT2D eigenvalue weighted by Gasteiger charge is 2.18. The minimum atomic E-state index is -0.548. The van der Waals surface area contributed by atoms with E-state index < -0.39 is 6.10 Å². The van der Waals surface area contributed by atoms with Crippen molar-refractivity contribution in [3.05, 3.63) is 53.1 Å². The molecular formula is C20H21NO4. The molecule has 0 aromatic heterocycles. The van der Waals surface area contributed by atoms with Gasteiger partial charge in [-0.2, -0.15) is 0 Å². The molecule has 1 unspecified atom stereocenters. The maximum Gasteiger partial charge on any atom is 0.261 e. The highest BCUT2D eigenvalue weighted by molar-refractivity contribution is 5.80. The smallest absolute Gasteiger partial charge is 0.261 e. The van der Waals surface area contributed by atoms with Crippen molar-refractivity contribution in [3.63, 3.8) is 0 Å². The quantitative estimate of drug-likeness (QED) is 0.910. The lowest BCUT2D eigenvalue weighted by molar-refractivity contribution is -0.127. The van der Waals surface area contributed by atoms with E-state index in [-0.39, 0.29) is 12.7 Å². The van der Waals surface area contributed by atoms with Crippen LogP contribution < -0.4 is 19.5 Å². The van der Waals surface area contributed by atoms with Gasteiger partial charge < -0.3 is 19.5 Å². The van der Waals surface area contributed by atoms with Crippen LogP contribution in [0.5, 0.6) is 17.2 Å². The molecule has 4 rings (SSSR count). The van der Waals surface area contributed by atoms with Crippen LogP contribution in [0.2, 0.25) is 0 Å². The summed E-state index contributed by atoms with van der Waals surface area (Å²) in [5, 5.41) is 2.90. The van der Waals surface area contributed by atoms with Gasteiger partial charge in [0, 0.05) is 6.54 Å². The molecule has 5 heteroatoms. The number of benzene rings is 2. The number of fused-ring (bicyclic) bond motifs is 2. The zero-order valence-electron chi connectivity index (χ0n) is 14.2. The summed E-state index contributed by atoms with van der Waals surface area (Å²) in [6.07, 6.45) is 2.89. The third-order valence-corrected chi connectivity index (χ3v) is 4.66. The summed E-state index contributed by atoms with van der Waals surface area (Å²) in [6, 6.07) is 11.8. The van der Waals surface area contributed by atoms with Crippen LogP contribution in [0.3, 0.4) is 0 Å². The summed E-state index contributed by atoms with van der Waals surface area (Å²) in [5.41, 5.74) is 3.69. The van der Waals surface area contributed by atoms with Gasteiger partial charge in [-0.25, -0.2) is 0 Å². The number of hydrogen-bond donors (Lipinski definition) is 1. The van der Waals surface area contributed by atoms with Gasteiger partial charge in [-0.1, -0.05) is 12.1 Å². The van der Waals surface area contributed by atoms with Crippen molar-refractivity contribution in [3.8, 4) is 17.2 Å². The van der Waals surface area contributed by atoms with Crippen LogP contribution >= 0.6 is 0 Å². The summed E-state index contributed by atoms with van der Waals surface area (Å²) >= 11 is 0. The highest BCUT2D eigenvalue weighted by atomic mass is 16.7. The molecule has 0 fully saturated rings. The first-order valence-electron chi connectivity index (χ1n) is 8.64. The number of amides is 1. The Morgan fingerprint density at radius 3 is 2.88 bits per heavy atom. The van der Waals surface area contributed by atoms with E-state index in [0.717, 1.165) is 29.9 Å². The molecule has 130 valence electrons. The topological polar surface area (TPSA) is 56.8 Å². The Hall–Kier alpha value is -2.69.